The predicted octanol–water partition coefficient (Wildman–Crippen LogP) is 1.42. The van der Waals surface area contributed by atoms with Crippen LogP contribution in [0.25, 0.3) is 0 Å². The van der Waals surface area contributed by atoms with Gasteiger partial charge in [-0.2, -0.15) is 0 Å². The molecule has 0 saturated carbocycles. The molecule has 1 heterocycles. The van der Waals surface area contributed by atoms with E-state index in [9.17, 15) is 0 Å². The minimum absolute atomic E-state index is 0. The second kappa shape index (κ2) is 3.13. The zero-order chi connectivity index (χ0) is 5.11. The first kappa shape index (κ1) is 7.08. The van der Waals surface area contributed by atoms with E-state index in [1.807, 2.05) is 6.92 Å². The van der Waals surface area contributed by atoms with Gasteiger partial charge in [0, 0.05) is 12.4 Å². The second-order valence-corrected chi connectivity index (χ2v) is 1.42. The van der Waals surface area contributed by atoms with E-state index >= 15 is 0 Å². The molecular formula is C6H10N2. The van der Waals surface area contributed by atoms with Crippen LogP contribution in [0.3, 0.4) is 0 Å². The molecule has 0 fully saturated rings. The third kappa shape index (κ3) is 1.69. The zero-order valence-electron chi connectivity index (χ0n) is 4.13. The maximum absolute atomic E-state index is 3.77. The van der Waals surface area contributed by atoms with Gasteiger partial charge in [-0.25, -0.2) is 9.97 Å². The van der Waals surface area contributed by atoms with E-state index in [4.69, 9.17) is 0 Å². The highest BCUT2D eigenvalue weighted by atomic mass is 14.8. The summed E-state index contributed by atoms with van der Waals surface area (Å²) in [4.78, 5) is 7.55. The highest BCUT2D eigenvalue weighted by Crippen LogP contribution is 1.84. The number of aryl methyl sites for hydroxylation is 1. The zero-order valence-corrected chi connectivity index (χ0v) is 4.13. The van der Waals surface area contributed by atoms with E-state index < -0.39 is 0 Å². The van der Waals surface area contributed by atoms with E-state index in [0.717, 1.165) is 5.56 Å². The molecule has 0 spiro atoms. The van der Waals surface area contributed by atoms with Gasteiger partial charge in [-0.15, -0.1) is 0 Å². The van der Waals surface area contributed by atoms with E-state index in [-0.39, 0.29) is 7.43 Å². The van der Waals surface area contributed by atoms with Gasteiger partial charge in [0.1, 0.15) is 6.33 Å². The van der Waals surface area contributed by atoms with E-state index in [1.165, 1.54) is 6.33 Å². The van der Waals surface area contributed by atoms with Crippen LogP contribution in [0, 0.1) is 6.92 Å². The first-order valence-electron chi connectivity index (χ1n) is 2.11. The molecule has 2 nitrogen and oxygen atoms in total. The Hall–Kier alpha value is -0.920. The molecular weight excluding hydrogens is 100 g/mol. The first-order valence-corrected chi connectivity index (χ1v) is 2.11. The number of nitrogens with zero attached hydrogens (tertiary/aromatic N) is 2. The fourth-order valence-electron chi connectivity index (χ4n) is 0.374. The summed E-state index contributed by atoms with van der Waals surface area (Å²) in [5.41, 5.74) is 1.10. The molecule has 8 heavy (non-hydrogen) atoms. The second-order valence-electron chi connectivity index (χ2n) is 1.42. The molecule has 0 aliphatic carbocycles. The normalized spacial score (nSPS) is 7.62. The van der Waals surface area contributed by atoms with Crippen molar-refractivity contribution in [2.75, 3.05) is 0 Å². The van der Waals surface area contributed by atoms with Crippen LogP contribution in [0.15, 0.2) is 18.7 Å². The van der Waals surface area contributed by atoms with Crippen molar-refractivity contribution in [2.24, 2.45) is 0 Å². The average molecular weight is 110 g/mol. The predicted molar refractivity (Wildman–Crippen MR) is 33.5 cm³/mol. The third-order valence-electron chi connectivity index (χ3n) is 0.690. The van der Waals surface area contributed by atoms with Crippen molar-refractivity contribution < 1.29 is 0 Å². The highest BCUT2D eigenvalue weighted by molar-refractivity contribution is 4.96. The Balaban J connectivity index is 0.000000490. The quantitative estimate of drug-likeness (QED) is 0.504. The Morgan fingerprint density at radius 3 is 2.00 bits per heavy atom. The van der Waals surface area contributed by atoms with Crippen molar-refractivity contribution in [3.05, 3.63) is 24.3 Å². The van der Waals surface area contributed by atoms with Gasteiger partial charge in [-0.3, -0.25) is 0 Å². The summed E-state index contributed by atoms with van der Waals surface area (Å²) in [6.45, 7) is 1.96. The van der Waals surface area contributed by atoms with Crippen LogP contribution in [0.2, 0.25) is 0 Å². The van der Waals surface area contributed by atoms with Gasteiger partial charge in [-0.1, -0.05) is 7.43 Å². The first-order chi connectivity index (χ1) is 3.39. The number of hydrogen-bond acceptors (Lipinski definition) is 2. The lowest BCUT2D eigenvalue weighted by Gasteiger charge is -1.81. The Labute approximate surface area is 49.6 Å². The highest BCUT2D eigenvalue weighted by Gasteiger charge is 1.74. The average Bonchev–Trinajstić information content (AvgIpc) is 1.69. The lowest BCUT2D eigenvalue weighted by Crippen LogP contribution is -1.75. The fourth-order valence-corrected chi connectivity index (χ4v) is 0.374. The summed E-state index contributed by atoms with van der Waals surface area (Å²) < 4.78 is 0. The molecule has 0 bridgehead atoms. The van der Waals surface area contributed by atoms with Crippen LogP contribution >= 0.6 is 0 Å². The van der Waals surface area contributed by atoms with Crippen LogP contribution < -0.4 is 0 Å². The van der Waals surface area contributed by atoms with Crippen LogP contribution in [0.1, 0.15) is 13.0 Å². The van der Waals surface area contributed by atoms with Gasteiger partial charge < -0.3 is 0 Å². The van der Waals surface area contributed by atoms with E-state index in [0.29, 0.717) is 0 Å². The van der Waals surface area contributed by atoms with Gasteiger partial charge in [0.05, 0.1) is 0 Å². The number of rotatable bonds is 0. The summed E-state index contributed by atoms with van der Waals surface area (Å²) in [6, 6.07) is 0. The Morgan fingerprint density at radius 2 is 1.75 bits per heavy atom. The molecule has 1 aromatic rings. The molecule has 0 unspecified atom stereocenters. The molecule has 0 atom stereocenters. The van der Waals surface area contributed by atoms with Crippen LogP contribution in [-0.4, -0.2) is 9.97 Å². The maximum atomic E-state index is 3.77. The monoisotopic (exact) mass is 110 g/mol. The van der Waals surface area contributed by atoms with Gasteiger partial charge >= 0.3 is 0 Å². The molecule has 0 radical (unpaired) electrons. The summed E-state index contributed by atoms with van der Waals surface area (Å²) in [5.74, 6) is 0. The Bertz CT molecular complexity index is 136. The molecule has 1 aromatic heterocycles. The van der Waals surface area contributed by atoms with E-state index in [2.05, 4.69) is 9.97 Å². The lowest BCUT2D eigenvalue weighted by molar-refractivity contribution is 1.13. The third-order valence-corrected chi connectivity index (χ3v) is 0.690. The minimum Gasteiger partial charge on any atom is -0.245 e. The van der Waals surface area contributed by atoms with Crippen molar-refractivity contribution in [2.45, 2.75) is 14.4 Å². The van der Waals surface area contributed by atoms with Crippen molar-refractivity contribution in [3.8, 4) is 0 Å². The van der Waals surface area contributed by atoms with Gasteiger partial charge in [0.15, 0.2) is 0 Å². The van der Waals surface area contributed by atoms with Crippen LogP contribution in [-0.2, 0) is 0 Å². The Morgan fingerprint density at radius 1 is 1.25 bits per heavy atom. The van der Waals surface area contributed by atoms with Gasteiger partial charge in [0.25, 0.3) is 0 Å². The summed E-state index contributed by atoms with van der Waals surface area (Å²) in [7, 11) is 0. The fraction of sp³-hybridized carbons (Fsp3) is 0.333. The molecule has 0 N–H and O–H groups in total. The molecule has 0 saturated heterocycles. The molecule has 44 valence electrons. The van der Waals surface area contributed by atoms with Gasteiger partial charge in [-0.05, 0) is 12.5 Å². The van der Waals surface area contributed by atoms with Crippen molar-refractivity contribution in [1.82, 2.24) is 9.97 Å². The number of aromatic nitrogens is 2. The van der Waals surface area contributed by atoms with Crippen molar-refractivity contribution >= 4 is 0 Å². The summed E-state index contributed by atoms with van der Waals surface area (Å²) in [5, 5.41) is 0. The molecule has 0 aliphatic heterocycles. The van der Waals surface area contributed by atoms with Crippen molar-refractivity contribution in [3.63, 3.8) is 0 Å². The smallest absolute Gasteiger partial charge is 0.115 e. The largest absolute Gasteiger partial charge is 0.245 e. The molecule has 0 amide bonds. The molecule has 2 heteroatoms. The van der Waals surface area contributed by atoms with Gasteiger partial charge in [0.2, 0.25) is 0 Å². The Kier molecular flexibility index (Phi) is 2.77. The van der Waals surface area contributed by atoms with Crippen LogP contribution in [0.4, 0.5) is 0 Å². The molecule has 0 aliphatic rings. The molecule has 1 rings (SSSR count). The topological polar surface area (TPSA) is 25.8 Å². The maximum Gasteiger partial charge on any atom is 0.115 e. The number of hydrogen-bond donors (Lipinski definition) is 0. The van der Waals surface area contributed by atoms with Crippen molar-refractivity contribution in [1.29, 1.82) is 0 Å². The van der Waals surface area contributed by atoms with E-state index in [1.54, 1.807) is 12.4 Å². The summed E-state index contributed by atoms with van der Waals surface area (Å²) in [6.07, 6.45) is 5.06. The molecule has 0 aromatic carbocycles. The summed E-state index contributed by atoms with van der Waals surface area (Å²) >= 11 is 0. The lowest BCUT2D eigenvalue weighted by atomic mass is 10.4. The SMILES string of the molecule is C.Cc1cncnc1. The van der Waals surface area contributed by atoms with Crippen LogP contribution in [0.5, 0.6) is 0 Å². The minimum atomic E-state index is 0. The standard InChI is InChI=1S/C5H6N2.CH4/c1-5-2-6-4-7-3-5;/h2-4H,1H3;1H4.